The summed E-state index contributed by atoms with van der Waals surface area (Å²) in [6.07, 6.45) is -4.49. The summed E-state index contributed by atoms with van der Waals surface area (Å²) in [4.78, 5) is 36.6. The molecule has 0 aliphatic heterocycles. The van der Waals surface area contributed by atoms with E-state index in [1.165, 1.54) is 48.5 Å². The molecular formula is C23H15F3O4. The predicted molar refractivity (Wildman–Crippen MR) is 102 cm³/mol. The quantitative estimate of drug-likeness (QED) is 0.320. The third-order valence-electron chi connectivity index (χ3n) is 4.25. The van der Waals surface area contributed by atoms with Crippen molar-refractivity contribution in [2.75, 3.05) is 0 Å². The predicted octanol–water partition coefficient (Wildman–Crippen LogP) is 5.13. The van der Waals surface area contributed by atoms with E-state index >= 15 is 0 Å². The van der Waals surface area contributed by atoms with Gasteiger partial charge < -0.3 is 4.74 Å². The molecule has 3 aromatic rings. The van der Waals surface area contributed by atoms with E-state index in [0.717, 1.165) is 12.1 Å². The van der Waals surface area contributed by atoms with Crippen molar-refractivity contribution in [2.24, 2.45) is 0 Å². The fraction of sp³-hybridized carbons (Fsp3) is 0.0870. The first-order valence-corrected chi connectivity index (χ1v) is 8.83. The highest BCUT2D eigenvalue weighted by atomic mass is 19.4. The van der Waals surface area contributed by atoms with Crippen LogP contribution in [-0.4, -0.2) is 17.5 Å². The average Bonchev–Trinajstić information content (AvgIpc) is 2.77. The Morgan fingerprint density at radius 2 is 1.27 bits per heavy atom. The maximum absolute atomic E-state index is 12.7. The topological polar surface area (TPSA) is 60.4 Å². The van der Waals surface area contributed by atoms with E-state index in [1.54, 1.807) is 18.2 Å². The number of carbonyl (C=O) groups is 3. The molecule has 30 heavy (non-hydrogen) atoms. The number of ether oxygens (including phenoxy) is 1. The van der Waals surface area contributed by atoms with Gasteiger partial charge in [-0.05, 0) is 29.8 Å². The van der Waals surface area contributed by atoms with Crippen LogP contribution in [0.15, 0.2) is 78.9 Å². The number of halogens is 3. The van der Waals surface area contributed by atoms with E-state index < -0.39 is 29.3 Å². The van der Waals surface area contributed by atoms with E-state index in [0.29, 0.717) is 0 Å². The van der Waals surface area contributed by atoms with Crippen molar-refractivity contribution in [3.63, 3.8) is 0 Å². The van der Waals surface area contributed by atoms with E-state index in [2.05, 4.69) is 0 Å². The van der Waals surface area contributed by atoms with E-state index in [-0.39, 0.29) is 28.9 Å². The van der Waals surface area contributed by atoms with E-state index in [1.807, 2.05) is 0 Å². The molecule has 0 aliphatic rings. The van der Waals surface area contributed by atoms with Crippen molar-refractivity contribution >= 4 is 17.5 Å². The molecule has 7 heteroatoms. The van der Waals surface area contributed by atoms with Crippen LogP contribution in [0.1, 0.15) is 42.2 Å². The second kappa shape index (κ2) is 8.73. The summed E-state index contributed by atoms with van der Waals surface area (Å²) in [5, 5.41) is 0. The lowest BCUT2D eigenvalue weighted by atomic mass is 10.0. The number of hydrogen-bond donors (Lipinski definition) is 0. The molecule has 4 nitrogen and oxygen atoms in total. The summed E-state index contributed by atoms with van der Waals surface area (Å²) in [6.45, 7) is -0.337. The summed E-state index contributed by atoms with van der Waals surface area (Å²) in [5.74, 6) is -2.15. The molecule has 3 aromatic carbocycles. The second-order valence-corrected chi connectivity index (χ2v) is 6.38. The van der Waals surface area contributed by atoms with Gasteiger partial charge in [0.25, 0.3) is 0 Å². The molecule has 0 saturated heterocycles. The summed E-state index contributed by atoms with van der Waals surface area (Å²) >= 11 is 0. The van der Waals surface area contributed by atoms with Gasteiger partial charge in [0.2, 0.25) is 11.6 Å². The van der Waals surface area contributed by atoms with Gasteiger partial charge in [0.15, 0.2) is 0 Å². The van der Waals surface area contributed by atoms with Crippen LogP contribution >= 0.6 is 0 Å². The van der Waals surface area contributed by atoms with Crippen molar-refractivity contribution in [1.82, 2.24) is 0 Å². The maximum Gasteiger partial charge on any atom is 0.416 e. The van der Waals surface area contributed by atoms with E-state index in [4.69, 9.17) is 4.74 Å². The first-order chi connectivity index (χ1) is 14.3. The minimum atomic E-state index is -4.49. The molecule has 0 saturated carbocycles. The van der Waals surface area contributed by atoms with Crippen LogP contribution in [0, 0.1) is 0 Å². The number of carbonyl (C=O) groups excluding carboxylic acids is 3. The standard InChI is InChI=1S/C23H15F3O4/c24-23(25,26)19-8-4-5-15(13-19)14-30-22(29)18-11-9-17(10-12-18)21(28)20(27)16-6-2-1-3-7-16/h1-13H,14H2. The van der Waals surface area contributed by atoms with E-state index in [9.17, 15) is 27.6 Å². The fourth-order valence-corrected chi connectivity index (χ4v) is 2.68. The van der Waals surface area contributed by atoms with Crippen molar-refractivity contribution in [2.45, 2.75) is 12.8 Å². The Kier molecular flexibility index (Phi) is 6.11. The number of benzene rings is 3. The Morgan fingerprint density at radius 1 is 0.700 bits per heavy atom. The van der Waals surface area contributed by atoms with Crippen LogP contribution in [0.25, 0.3) is 0 Å². The Balaban J connectivity index is 1.64. The van der Waals surface area contributed by atoms with Crippen LogP contribution in [-0.2, 0) is 17.5 Å². The number of Topliss-reactive ketones (excluding diaryl/α,β-unsaturated/α-hetero) is 2. The van der Waals surface area contributed by atoms with Gasteiger partial charge in [-0.1, -0.05) is 54.6 Å². The first-order valence-electron chi connectivity index (χ1n) is 8.83. The lowest BCUT2D eigenvalue weighted by Crippen LogP contribution is -2.14. The average molecular weight is 412 g/mol. The van der Waals surface area contributed by atoms with Crippen molar-refractivity contribution in [3.8, 4) is 0 Å². The first kappa shape index (κ1) is 21.0. The minimum absolute atomic E-state index is 0.102. The van der Waals surface area contributed by atoms with Gasteiger partial charge in [0.05, 0.1) is 11.1 Å². The number of rotatable bonds is 6. The third kappa shape index (κ3) is 5.00. The molecule has 0 bridgehead atoms. The summed E-state index contributed by atoms with van der Waals surface area (Å²) in [5.41, 5.74) is -0.170. The van der Waals surface area contributed by atoms with Gasteiger partial charge in [-0.15, -0.1) is 0 Å². The van der Waals surface area contributed by atoms with Crippen molar-refractivity contribution in [1.29, 1.82) is 0 Å². The number of ketones is 2. The lowest BCUT2D eigenvalue weighted by Gasteiger charge is -2.09. The molecular weight excluding hydrogens is 397 g/mol. The zero-order chi connectivity index (χ0) is 21.7. The Morgan fingerprint density at radius 3 is 1.87 bits per heavy atom. The van der Waals surface area contributed by atoms with Gasteiger partial charge in [-0.25, -0.2) is 4.79 Å². The fourth-order valence-electron chi connectivity index (χ4n) is 2.68. The Labute approximate surface area is 169 Å². The van der Waals surface area contributed by atoms with Crippen LogP contribution < -0.4 is 0 Å². The lowest BCUT2D eigenvalue weighted by molar-refractivity contribution is -0.137. The third-order valence-corrected chi connectivity index (χ3v) is 4.25. The largest absolute Gasteiger partial charge is 0.457 e. The summed E-state index contributed by atoms with van der Waals surface area (Å²) in [6, 6.07) is 17.8. The highest BCUT2D eigenvalue weighted by molar-refractivity contribution is 6.49. The van der Waals surface area contributed by atoms with Crippen LogP contribution in [0.3, 0.4) is 0 Å². The smallest absolute Gasteiger partial charge is 0.416 e. The summed E-state index contributed by atoms with van der Waals surface area (Å²) in [7, 11) is 0. The number of alkyl halides is 3. The normalized spacial score (nSPS) is 11.0. The zero-order valence-electron chi connectivity index (χ0n) is 15.5. The van der Waals surface area contributed by atoms with Crippen LogP contribution in [0.2, 0.25) is 0 Å². The molecule has 0 aromatic heterocycles. The van der Waals surface area contributed by atoms with Crippen LogP contribution in [0.5, 0.6) is 0 Å². The SMILES string of the molecule is O=C(OCc1cccc(C(F)(F)F)c1)c1ccc(C(=O)C(=O)c2ccccc2)cc1. The van der Waals surface area contributed by atoms with Crippen molar-refractivity contribution in [3.05, 3.63) is 107 Å². The highest BCUT2D eigenvalue weighted by Gasteiger charge is 2.30. The van der Waals surface area contributed by atoms with Crippen molar-refractivity contribution < 1.29 is 32.3 Å². The Hall–Kier alpha value is -3.74. The molecule has 0 unspecified atom stereocenters. The number of esters is 1. The van der Waals surface area contributed by atoms with Gasteiger partial charge in [-0.3, -0.25) is 9.59 Å². The molecule has 0 amide bonds. The highest BCUT2D eigenvalue weighted by Crippen LogP contribution is 2.29. The minimum Gasteiger partial charge on any atom is -0.457 e. The molecule has 0 atom stereocenters. The Bertz CT molecular complexity index is 1070. The maximum atomic E-state index is 12.7. The molecule has 0 radical (unpaired) electrons. The number of hydrogen-bond acceptors (Lipinski definition) is 4. The van der Waals surface area contributed by atoms with Crippen LogP contribution in [0.4, 0.5) is 13.2 Å². The van der Waals surface area contributed by atoms with Gasteiger partial charge in [-0.2, -0.15) is 13.2 Å². The summed E-state index contributed by atoms with van der Waals surface area (Å²) < 4.78 is 43.3. The zero-order valence-corrected chi connectivity index (χ0v) is 15.5. The van der Waals surface area contributed by atoms with Gasteiger partial charge in [0, 0.05) is 11.1 Å². The second-order valence-electron chi connectivity index (χ2n) is 6.38. The molecule has 0 aliphatic carbocycles. The van der Waals surface area contributed by atoms with Gasteiger partial charge in [0.1, 0.15) is 6.61 Å². The molecule has 152 valence electrons. The molecule has 0 N–H and O–H groups in total. The van der Waals surface area contributed by atoms with Gasteiger partial charge >= 0.3 is 12.1 Å². The molecule has 0 spiro atoms. The molecule has 0 heterocycles. The monoisotopic (exact) mass is 412 g/mol. The molecule has 0 fully saturated rings. The molecule has 3 rings (SSSR count).